The Kier molecular flexibility index (Phi) is 7.61. The molecule has 1 aliphatic rings. The maximum Gasteiger partial charge on any atom is 0.244 e. The lowest BCUT2D eigenvalue weighted by Crippen LogP contribution is -2.32. The van der Waals surface area contributed by atoms with E-state index >= 15 is 0 Å². The first-order chi connectivity index (χ1) is 13.8. The molecule has 0 unspecified atom stereocenters. The lowest BCUT2D eigenvalue weighted by molar-refractivity contribution is 0.423. The zero-order chi connectivity index (χ0) is 20.9. The Morgan fingerprint density at radius 1 is 0.897 bits per heavy atom. The summed E-state index contributed by atoms with van der Waals surface area (Å²) in [5.41, 5.74) is 0. The summed E-state index contributed by atoms with van der Waals surface area (Å²) in [4.78, 5) is 4.62. The predicted octanol–water partition coefficient (Wildman–Crippen LogP) is 3.87. The quantitative estimate of drug-likeness (QED) is 0.566. The summed E-state index contributed by atoms with van der Waals surface area (Å²) in [6.07, 6.45) is 5.22. The number of hydrogen-bond donors (Lipinski definition) is 0. The van der Waals surface area contributed by atoms with Crippen LogP contribution in [0.3, 0.4) is 0 Å². The first-order valence-corrected chi connectivity index (χ1v) is 13.8. The smallest absolute Gasteiger partial charge is 0.244 e. The molecule has 2 heterocycles. The lowest BCUT2D eigenvalue weighted by Gasteiger charge is -2.19. The number of thioether (sulfide) groups is 1. The van der Waals surface area contributed by atoms with Gasteiger partial charge in [0.1, 0.15) is 4.90 Å². The van der Waals surface area contributed by atoms with E-state index in [4.69, 9.17) is 11.6 Å². The molecule has 0 N–H and O–H groups in total. The van der Waals surface area contributed by atoms with Crippen LogP contribution in [0.4, 0.5) is 0 Å². The average molecular weight is 475 g/mol. The molecule has 0 bridgehead atoms. The second-order valence-corrected chi connectivity index (χ2v) is 12.4. The summed E-state index contributed by atoms with van der Waals surface area (Å²) in [7, 11) is -6.94. The van der Waals surface area contributed by atoms with Crippen molar-refractivity contribution in [3.05, 3.63) is 47.6 Å². The molecule has 6 nitrogen and oxygen atoms in total. The van der Waals surface area contributed by atoms with Gasteiger partial charge in [-0.1, -0.05) is 24.4 Å². The van der Waals surface area contributed by atoms with Gasteiger partial charge in [-0.2, -0.15) is 4.31 Å². The average Bonchev–Trinajstić information content (AvgIpc) is 2.99. The van der Waals surface area contributed by atoms with Gasteiger partial charge in [0.15, 0.2) is 9.84 Å². The molecule has 0 amide bonds. The molecule has 1 saturated heterocycles. The zero-order valence-electron chi connectivity index (χ0n) is 15.8. The van der Waals surface area contributed by atoms with Gasteiger partial charge in [0, 0.05) is 30.1 Å². The first kappa shape index (κ1) is 22.6. The molecule has 0 atom stereocenters. The highest BCUT2D eigenvalue weighted by molar-refractivity contribution is 8.00. The molecular formula is C19H23ClN2O4S3. The van der Waals surface area contributed by atoms with Gasteiger partial charge in [0.05, 0.1) is 15.7 Å². The molecular weight excluding hydrogens is 452 g/mol. The fraction of sp³-hybridized carbons (Fsp3) is 0.421. The molecule has 1 aromatic carbocycles. The van der Waals surface area contributed by atoms with Crippen LogP contribution in [0.1, 0.15) is 25.7 Å². The van der Waals surface area contributed by atoms with Crippen LogP contribution in [0.5, 0.6) is 0 Å². The number of nitrogens with zero attached hydrogens (tertiary/aromatic N) is 2. The molecule has 0 spiro atoms. The molecule has 29 heavy (non-hydrogen) atoms. The number of rotatable bonds is 7. The summed E-state index contributed by atoms with van der Waals surface area (Å²) < 4.78 is 51.8. The van der Waals surface area contributed by atoms with E-state index in [1.807, 2.05) is 0 Å². The van der Waals surface area contributed by atoms with Crippen molar-refractivity contribution in [1.29, 1.82) is 0 Å². The molecule has 2 aromatic rings. The van der Waals surface area contributed by atoms with Crippen LogP contribution < -0.4 is 0 Å². The van der Waals surface area contributed by atoms with Gasteiger partial charge in [0.2, 0.25) is 10.0 Å². The van der Waals surface area contributed by atoms with Crippen LogP contribution in [0.25, 0.3) is 0 Å². The fourth-order valence-corrected chi connectivity index (χ4v) is 7.14. The summed E-state index contributed by atoms with van der Waals surface area (Å²) in [5.74, 6) is 0.269. The second kappa shape index (κ2) is 9.78. The minimum atomic E-state index is -3.53. The van der Waals surface area contributed by atoms with E-state index in [1.165, 1.54) is 34.4 Å². The second-order valence-electron chi connectivity index (χ2n) is 6.77. The van der Waals surface area contributed by atoms with Crippen LogP contribution in [0.15, 0.2) is 57.4 Å². The van der Waals surface area contributed by atoms with Crippen molar-refractivity contribution >= 4 is 43.2 Å². The van der Waals surface area contributed by atoms with E-state index in [0.717, 1.165) is 25.7 Å². The van der Waals surface area contributed by atoms with E-state index < -0.39 is 19.9 Å². The van der Waals surface area contributed by atoms with E-state index in [9.17, 15) is 16.8 Å². The molecule has 3 rings (SSSR count). The normalized spacial score (nSPS) is 16.4. The van der Waals surface area contributed by atoms with E-state index in [-0.39, 0.29) is 15.5 Å². The van der Waals surface area contributed by atoms with Crippen molar-refractivity contribution in [2.75, 3.05) is 24.6 Å². The molecule has 0 radical (unpaired) electrons. The van der Waals surface area contributed by atoms with Gasteiger partial charge in [-0.15, -0.1) is 11.8 Å². The number of benzene rings is 1. The van der Waals surface area contributed by atoms with Crippen LogP contribution in [-0.2, 0) is 19.9 Å². The summed E-state index contributed by atoms with van der Waals surface area (Å²) in [6.45, 7) is 1.09. The number of pyridine rings is 1. The Morgan fingerprint density at radius 3 is 2.10 bits per heavy atom. The molecule has 1 aliphatic heterocycles. The third kappa shape index (κ3) is 5.95. The Labute approximate surface area is 181 Å². The largest absolute Gasteiger partial charge is 0.249 e. The van der Waals surface area contributed by atoms with E-state index in [2.05, 4.69) is 4.98 Å². The zero-order valence-corrected chi connectivity index (χ0v) is 19.0. The van der Waals surface area contributed by atoms with Crippen LogP contribution in [0.2, 0.25) is 5.02 Å². The van der Waals surface area contributed by atoms with Crippen LogP contribution >= 0.6 is 23.4 Å². The number of halogens is 1. The summed E-state index contributed by atoms with van der Waals surface area (Å²) in [5, 5.41) is 1.07. The van der Waals surface area contributed by atoms with Crippen LogP contribution in [0, 0.1) is 0 Å². The topological polar surface area (TPSA) is 84.4 Å². The Hall–Kier alpha value is -1.13. The first-order valence-electron chi connectivity index (χ1n) is 9.36. The third-order valence-corrected chi connectivity index (χ3v) is 9.76. The molecule has 1 aromatic heterocycles. The molecule has 0 aliphatic carbocycles. The molecule has 158 valence electrons. The Balaban J connectivity index is 1.60. The number of hydrogen-bond acceptors (Lipinski definition) is 6. The van der Waals surface area contributed by atoms with Crippen molar-refractivity contribution in [1.82, 2.24) is 9.29 Å². The Morgan fingerprint density at radius 2 is 1.52 bits per heavy atom. The predicted molar refractivity (Wildman–Crippen MR) is 116 cm³/mol. The summed E-state index contributed by atoms with van der Waals surface area (Å²) >= 11 is 7.07. The van der Waals surface area contributed by atoms with E-state index in [0.29, 0.717) is 28.9 Å². The van der Waals surface area contributed by atoms with Gasteiger partial charge in [0.25, 0.3) is 0 Å². The van der Waals surface area contributed by atoms with E-state index in [1.54, 1.807) is 24.3 Å². The minimum absolute atomic E-state index is 0.0468. The molecule has 0 saturated carbocycles. The minimum Gasteiger partial charge on any atom is -0.249 e. The van der Waals surface area contributed by atoms with Crippen molar-refractivity contribution in [3.63, 3.8) is 0 Å². The standard InChI is InChI=1S/C19H23ClN2O4S3/c20-16-5-7-17(8-6-16)28(23,24)14-13-27-19-10-9-18(15-21-19)29(25,26)22-11-3-1-2-4-12-22/h5-10,15H,1-4,11-14H2. The maximum atomic E-state index is 12.8. The lowest BCUT2D eigenvalue weighted by atomic mass is 10.2. The maximum absolute atomic E-state index is 12.8. The highest BCUT2D eigenvalue weighted by atomic mass is 35.5. The number of sulfone groups is 1. The monoisotopic (exact) mass is 474 g/mol. The van der Waals surface area contributed by atoms with Crippen molar-refractivity contribution in [2.24, 2.45) is 0 Å². The third-order valence-electron chi connectivity index (χ3n) is 4.69. The highest BCUT2D eigenvalue weighted by Gasteiger charge is 2.25. The van der Waals surface area contributed by atoms with Crippen molar-refractivity contribution in [3.8, 4) is 0 Å². The van der Waals surface area contributed by atoms with Crippen LogP contribution in [-0.4, -0.2) is 50.7 Å². The van der Waals surface area contributed by atoms with Gasteiger partial charge in [-0.25, -0.2) is 21.8 Å². The Bertz CT molecular complexity index is 1020. The van der Waals surface area contributed by atoms with Gasteiger partial charge in [-0.3, -0.25) is 0 Å². The SMILES string of the molecule is O=S(=O)(CCSc1ccc(S(=O)(=O)N2CCCCCC2)cn1)c1ccc(Cl)cc1. The highest BCUT2D eigenvalue weighted by Crippen LogP contribution is 2.23. The van der Waals surface area contributed by atoms with Crippen molar-refractivity contribution in [2.45, 2.75) is 40.5 Å². The van der Waals surface area contributed by atoms with Gasteiger partial charge in [-0.05, 0) is 49.2 Å². The number of sulfonamides is 1. The molecule has 10 heteroatoms. The summed E-state index contributed by atoms with van der Waals surface area (Å²) in [6, 6.07) is 9.25. The fourth-order valence-electron chi connectivity index (χ4n) is 3.05. The van der Waals surface area contributed by atoms with Gasteiger partial charge >= 0.3 is 0 Å². The number of aromatic nitrogens is 1. The van der Waals surface area contributed by atoms with Gasteiger partial charge < -0.3 is 0 Å². The molecule has 1 fully saturated rings. The van der Waals surface area contributed by atoms with Crippen molar-refractivity contribution < 1.29 is 16.8 Å².